The van der Waals surface area contributed by atoms with Crippen LogP contribution in [0.2, 0.25) is 0 Å². The second kappa shape index (κ2) is 4.79. The number of hydrogen-bond acceptors (Lipinski definition) is 3. The van der Waals surface area contributed by atoms with Crippen molar-refractivity contribution in [2.45, 2.75) is 0 Å². The third-order valence-electron chi connectivity index (χ3n) is 1.44. The van der Waals surface area contributed by atoms with Crippen LogP contribution in [0.25, 0.3) is 0 Å². The number of carbonyl (C=O) groups is 1. The molecular formula is C9H7F3O3. The summed E-state index contributed by atoms with van der Waals surface area (Å²) < 4.78 is 47.0. The van der Waals surface area contributed by atoms with Crippen LogP contribution in [-0.4, -0.2) is 19.7 Å². The highest BCUT2D eigenvalue weighted by Crippen LogP contribution is 2.22. The monoisotopic (exact) mass is 220 g/mol. The summed E-state index contributed by atoms with van der Waals surface area (Å²) in [7, 11) is 1.22. The van der Waals surface area contributed by atoms with E-state index < -0.39 is 35.8 Å². The molecule has 0 spiro atoms. The number of hydrogen-bond donors (Lipinski definition) is 0. The molecule has 6 heteroatoms. The van der Waals surface area contributed by atoms with E-state index in [0.717, 1.165) is 0 Å². The van der Waals surface area contributed by atoms with Gasteiger partial charge in [-0.2, -0.15) is 0 Å². The molecule has 0 aliphatic rings. The van der Waals surface area contributed by atoms with Gasteiger partial charge in [0.1, 0.15) is 12.4 Å². The van der Waals surface area contributed by atoms with E-state index in [2.05, 4.69) is 9.47 Å². The lowest BCUT2D eigenvalue weighted by Crippen LogP contribution is -2.15. The van der Waals surface area contributed by atoms with E-state index in [0.29, 0.717) is 12.1 Å². The highest BCUT2D eigenvalue weighted by molar-refractivity contribution is 5.73. The van der Waals surface area contributed by atoms with Gasteiger partial charge in [0.05, 0.1) is 0 Å². The quantitative estimate of drug-likeness (QED) is 0.574. The van der Waals surface area contributed by atoms with E-state index in [1.165, 1.54) is 7.11 Å². The van der Waals surface area contributed by atoms with Crippen molar-refractivity contribution < 1.29 is 27.4 Å². The molecule has 0 aliphatic carbocycles. The van der Waals surface area contributed by atoms with Crippen LogP contribution in [0.4, 0.5) is 13.2 Å². The molecule has 1 rings (SSSR count). The van der Waals surface area contributed by atoms with Gasteiger partial charge >= 0.3 is 5.97 Å². The topological polar surface area (TPSA) is 35.5 Å². The average Bonchev–Trinajstić information content (AvgIpc) is 2.11. The second-order valence-electron chi connectivity index (χ2n) is 2.61. The number of ether oxygens (including phenoxy) is 2. The van der Waals surface area contributed by atoms with Crippen molar-refractivity contribution in [3.63, 3.8) is 0 Å². The molecule has 3 nitrogen and oxygen atoms in total. The van der Waals surface area contributed by atoms with Gasteiger partial charge in [-0.25, -0.2) is 18.0 Å². The van der Waals surface area contributed by atoms with Crippen LogP contribution >= 0.6 is 0 Å². The molecule has 0 amide bonds. The third kappa shape index (κ3) is 2.95. The zero-order valence-electron chi connectivity index (χ0n) is 7.72. The molecule has 1 aromatic rings. The van der Waals surface area contributed by atoms with Crippen molar-refractivity contribution in [2.24, 2.45) is 0 Å². The van der Waals surface area contributed by atoms with Crippen molar-refractivity contribution in [1.82, 2.24) is 0 Å². The molecule has 0 bridgehead atoms. The Labute approximate surface area is 83.4 Å². The van der Waals surface area contributed by atoms with Crippen LogP contribution in [0.3, 0.4) is 0 Å². The molecule has 0 aliphatic heterocycles. The standard InChI is InChI=1S/C9H7F3O3/c1-14-4-8(13)15-9-6(11)2-5(10)3-7(9)12/h2-3H,4H2,1H3. The summed E-state index contributed by atoms with van der Waals surface area (Å²) in [6.45, 7) is -0.448. The van der Waals surface area contributed by atoms with E-state index in [-0.39, 0.29) is 0 Å². The Kier molecular flexibility index (Phi) is 3.68. The SMILES string of the molecule is COCC(=O)Oc1c(F)cc(F)cc1F. The molecule has 0 N–H and O–H groups in total. The number of benzene rings is 1. The summed E-state index contributed by atoms with van der Waals surface area (Å²) in [5.74, 6) is -5.55. The van der Waals surface area contributed by atoms with E-state index in [4.69, 9.17) is 0 Å². The highest BCUT2D eigenvalue weighted by atomic mass is 19.1. The molecule has 0 saturated carbocycles. The van der Waals surface area contributed by atoms with Gasteiger partial charge in [-0.15, -0.1) is 0 Å². The Morgan fingerprint density at radius 2 is 1.80 bits per heavy atom. The Balaban J connectivity index is 2.90. The number of halogens is 3. The maximum atomic E-state index is 12.9. The zero-order chi connectivity index (χ0) is 11.4. The van der Waals surface area contributed by atoms with E-state index in [9.17, 15) is 18.0 Å². The minimum Gasteiger partial charge on any atom is -0.419 e. The summed E-state index contributed by atoms with van der Waals surface area (Å²) in [5.41, 5.74) is 0. The molecule has 82 valence electrons. The molecule has 0 aromatic heterocycles. The zero-order valence-corrected chi connectivity index (χ0v) is 7.72. The maximum Gasteiger partial charge on any atom is 0.337 e. The number of carbonyl (C=O) groups excluding carboxylic acids is 1. The fraction of sp³-hybridized carbons (Fsp3) is 0.222. The molecule has 0 heterocycles. The fourth-order valence-corrected chi connectivity index (χ4v) is 0.888. The van der Waals surface area contributed by atoms with Crippen molar-refractivity contribution >= 4 is 5.97 Å². The summed E-state index contributed by atoms with van der Waals surface area (Å²) in [5, 5.41) is 0. The lowest BCUT2D eigenvalue weighted by Gasteiger charge is -2.05. The van der Waals surface area contributed by atoms with Gasteiger partial charge in [0.2, 0.25) is 5.75 Å². The minimum atomic E-state index is -1.28. The largest absolute Gasteiger partial charge is 0.419 e. The number of methoxy groups -OCH3 is 1. The van der Waals surface area contributed by atoms with Crippen LogP contribution < -0.4 is 4.74 Å². The smallest absolute Gasteiger partial charge is 0.337 e. The Morgan fingerprint density at radius 1 is 1.27 bits per heavy atom. The molecule has 1 aromatic carbocycles. The Bertz CT molecular complexity index is 356. The highest BCUT2D eigenvalue weighted by Gasteiger charge is 2.16. The molecule has 0 saturated heterocycles. The third-order valence-corrected chi connectivity index (χ3v) is 1.44. The van der Waals surface area contributed by atoms with Crippen LogP contribution in [0.15, 0.2) is 12.1 Å². The van der Waals surface area contributed by atoms with Crippen molar-refractivity contribution in [3.8, 4) is 5.75 Å². The first kappa shape index (κ1) is 11.5. The summed E-state index contributed by atoms with van der Waals surface area (Å²) in [4.78, 5) is 10.8. The van der Waals surface area contributed by atoms with Gasteiger partial charge in [0.25, 0.3) is 0 Å². The molecular weight excluding hydrogens is 213 g/mol. The summed E-state index contributed by atoms with van der Waals surface area (Å²) in [6, 6.07) is 0.830. The van der Waals surface area contributed by atoms with Gasteiger partial charge in [0, 0.05) is 19.2 Å². The van der Waals surface area contributed by atoms with Crippen molar-refractivity contribution in [1.29, 1.82) is 0 Å². The van der Waals surface area contributed by atoms with Gasteiger partial charge in [-0.05, 0) is 0 Å². The first-order chi connectivity index (χ1) is 7.04. The summed E-state index contributed by atoms with van der Waals surface area (Å²) >= 11 is 0. The fourth-order valence-electron chi connectivity index (χ4n) is 0.888. The Hall–Kier alpha value is -1.56. The maximum absolute atomic E-state index is 12.9. The average molecular weight is 220 g/mol. The lowest BCUT2D eigenvalue weighted by atomic mass is 10.3. The van der Waals surface area contributed by atoms with Gasteiger partial charge in [-0.3, -0.25) is 0 Å². The normalized spacial score (nSPS) is 10.1. The van der Waals surface area contributed by atoms with E-state index in [1.807, 2.05) is 0 Å². The molecule has 15 heavy (non-hydrogen) atoms. The van der Waals surface area contributed by atoms with Crippen LogP contribution in [0.5, 0.6) is 5.75 Å². The van der Waals surface area contributed by atoms with Crippen molar-refractivity contribution in [2.75, 3.05) is 13.7 Å². The predicted octanol–water partition coefficient (Wildman–Crippen LogP) is 1.66. The molecule has 0 unspecified atom stereocenters. The van der Waals surface area contributed by atoms with Gasteiger partial charge in [0.15, 0.2) is 11.6 Å². The minimum absolute atomic E-state index is 0.415. The molecule has 0 atom stereocenters. The first-order valence-electron chi connectivity index (χ1n) is 3.88. The first-order valence-corrected chi connectivity index (χ1v) is 3.88. The van der Waals surface area contributed by atoms with Crippen LogP contribution in [0.1, 0.15) is 0 Å². The van der Waals surface area contributed by atoms with Gasteiger partial charge < -0.3 is 9.47 Å². The predicted molar refractivity (Wildman–Crippen MR) is 43.8 cm³/mol. The molecule has 0 fully saturated rings. The number of rotatable bonds is 3. The second-order valence-corrected chi connectivity index (χ2v) is 2.61. The Morgan fingerprint density at radius 3 is 2.27 bits per heavy atom. The number of esters is 1. The van der Waals surface area contributed by atoms with Crippen LogP contribution in [0, 0.1) is 17.5 Å². The summed E-state index contributed by atoms with van der Waals surface area (Å²) in [6.07, 6.45) is 0. The van der Waals surface area contributed by atoms with Crippen molar-refractivity contribution in [3.05, 3.63) is 29.6 Å². The van der Waals surface area contributed by atoms with E-state index in [1.54, 1.807) is 0 Å². The van der Waals surface area contributed by atoms with E-state index >= 15 is 0 Å². The lowest BCUT2D eigenvalue weighted by molar-refractivity contribution is -0.138. The van der Waals surface area contributed by atoms with Gasteiger partial charge in [-0.1, -0.05) is 0 Å². The van der Waals surface area contributed by atoms with Crippen LogP contribution in [-0.2, 0) is 9.53 Å². The molecule has 0 radical (unpaired) electrons.